The van der Waals surface area contributed by atoms with Crippen LogP contribution in [0.5, 0.6) is 0 Å². The SMILES string of the molecule is O=C(Nc1nccs1)[C@H]1CCCN1CCc1ccccn1. The molecule has 0 saturated carbocycles. The summed E-state index contributed by atoms with van der Waals surface area (Å²) in [5.41, 5.74) is 1.07. The molecule has 5 nitrogen and oxygen atoms in total. The van der Waals surface area contributed by atoms with Gasteiger partial charge in [-0.3, -0.25) is 14.7 Å². The summed E-state index contributed by atoms with van der Waals surface area (Å²) in [6.45, 7) is 1.84. The first-order chi connectivity index (χ1) is 10.3. The Morgan fingerprint density at radius 2 is 2.33 bits per heavy atom. The Hall–Kier alpha value is -1.79. The molecule has 21 heavy (non-hydrogen) atoms. The van der Waals surface area contributed by atoms with Crippen LogP contribution in [0.3, 0.4) is 0 Å². The topological polar surface area (TPSA) is 58.1 Å². The predicted octanol–water partition coefficient (Wildman–Crippen LogP) is 2.18. The fourth-order valence-electron chi connectivity index (χ4n) is 2.67. The maximum atomic E-state index is 12.3. The smallest absolute Gasteiger partial charge is 0.243 e. The summed E-state index contributed by atoms with van der Waals surface area (Å²) in [5, 5.41) is 5.44. The summed E-state index contributed by atoms with van der Waals surface area (Å²) in [7, 11) is 0. The minimum atomic E-state index is -0.0439. The lowest BCUT2D eigenvalue weighted by Crippen LogP contribution is -2.40. The Morgan fingerprint density at radius 1 is 1.38 bits per heavy atom. The molecule has 0 aromatic carbocycles. The van der Waals surface area contributed by atoms with Gasteiger partial charge in [-0.15, -0.1) is 11.3 Å². The van der Waals surface area contributed by atoms with E-state index in [1.165, 1.54) is 11.3 Å². The number of aromatic nitrogens is 2. The number of amides is 1. The number of hydrogen-bond acceptors (Lipinski definition) is 5. The summed E-state index contributed by atoms with van der Waals surface area (Å²) in [6.07, 6.45) is 6.37. The van der Waals surface area contributed by atoms with Crippen LogP contribution in [-0.2, 0) is 11.2 Å². The van der Waals surface area contributed by atoms with Crippen molar-refractivity contribution in [1.82, 2.24) is 14.9 Å². The standard InChI is InChI=1S/C15H18N4OS/c20-14(18-15-17-8-11-21-15)13-5-3-9-19(13)10-6-12-4-1-2-7-16-12/h1-2,4,7-8,11,13H,3,5-6,9-10H2,(H,17,18,20)/t13-/m1/s1. The van der Waals surface area contributed by atoms with Crippen molar-refractivity contribution in [3.8, 4) is 0 Å². The number of thiazole rings is 1. The molecular weight excluding hydrogens is 284 g/mol. The van der Waals surface area contributed by atoms with E-state index in [0.29, 0.717) is 5.13 Å². The second-order valence-corrected chi connectivity index (χ2v) is 5.99. The minimum absolute atomic E-state index is 0.0439. The van der Waals surface area contributed by atoms with Crippen molar-refractivity contribution < 1.29 is 4.79 Å². The van der Waals surface area contributed by atoms with Gasteiger partial charge in [-0.1, -0.05) is 6.07 Å². The van der Waals surface area contributed by atoms with E-state index in [0.717, 1.165) is 38.0 Å². The Balaban J connectivity index is 1.56. The van der Waals surface area contributed by atoms with Crippen molar-refractivity contribution in [3.63, 3.8) is 0 Å². The zero-order chi connectivity index (χ0) is 14.5. The average molecular weight is 302 g/mol. The van der Waals surface area contributed by atoms with Crippen LogP contribution in [0.25, 0.3) is 0 Å². The summed E-state index contributed by atoms with van der Waals surface area (Å²) in [4.78, 5) is 23.0. The van der Waals surface area contributed by atoms with Crippen molar-refractivity contribution in [2.75, 3.05) is 18.4 Å². The van der Waals surface area contributed by atoms with Crippen molar-refractivity contribution in [2.24, 2.45) is 0 Å². The Labute approximate surface area is 128 Å². The average Bonchev–Trinajstić information content (AvgIpc) is 3.17. The van der Waals surface area contributed by atoms with Gasteiger partial charge in [0.2, 0.25) is 5.91 Å². The van der Waals surface area contributed by atoms with Gasteiger partial charge in [-0.25, -0.2) is 4.98 Å². The molecule has 2 aromatic heterocycles. The second-order valence-electron chi connectivity index (χ2n) is 5.09. The molecule has 1 aliphatic heterocycles. The Morgan fingerprint density at radius 3 is 3.10 bits per heavy atom. The number of likely N-dealkylation sites (tertiary alicyclic amines) is 1. The highest BCUT2D eigenvalue weighted by molar-refractivity contribution is 7.13. The fraction of sp³-hybridized carbons (Fsp3) is 0.400. The third-order valence-corrected chi connectivity index (χ3v) is 4.40. The number of nitrogens with zero attached hydrogens (tertiary/aromatic N) is 3. The molecule has 0 aliphatic carbocycles. The van der Waals surface area contributed by atoms with E-state index >= 15 is 0 Å². The van der Waals surface area contributed by atoms with E-state index in [-0.39, 0.29) is 11.9 Å². The lowest BCUT2D eigenvalue weighted by molar-refractivity contribution is -0.120. The van der Waals surface area contributed by atoms with Gasteiger partial charge < -0.3 is 5.32 Å². The third-order valence-electron chi connectivity index (χ3n) is 3.71. The summed E-state index contributed by atoms with van der Waals surface area (Å²) in [5.74, 6) is 0.0588. The highest BCUT2D eigenvalue weighted by Gasteiger charge is 2.30. The van der Waals surface area contributed by atoms with Crippen LogP contribution in [0.15, 0.2) is 36.0 Å². The van der Waals surface area contributed by atoms with E-state index < -0.39 is 0 Å². The zero-order valence-corrected chi connectivity index (χ0v) is 12.6. The number of anilines is 1. The fourth-order valence-corrected chi connectivity index (χ4v) is 3.20. The molecule has 0 spiro atoms. The highest BCUT2D eigenvalue weighted by atomic mass is 32.1. The summed E-state index contributed by atoms with van der Waals surface area (Å²) >= 11 is 1.45. The van der Waals surface area contributed by atoms with Gasteiger partial charge in [0.25, 0.3) is 0 Å². The van der Waals surface area contributed by atoms with Gasteiger partial charge in [0.15, 0.2) is 5.13 Å². The zero-order valence-electron chi connectivity index (χ0n) is 11.7. The lowest BCUT2D eigenvalue weighted by Gasteiger charge is -2.22. The minimum Gasteiger partial charge on any atom is -0.301 e. The van der Waals surface area contributed by atoms with Crippen LogP contribution >= 0.6 is 11.3 Å². The number of nitrogens with one attached hydrogen (secondary N) is 1. The van der Waals surface area contributed by atoms with Gasteiger partial charge in [0, 0.05) is 36.4 Å². The van der Waals surface area contributed by atoms with Gasteiger partial charge in [-0.2, -0.15) is 0 Å². The lowest BCUT2D eigenvalue weighted by atomic mass is 10.2. The van der Waals surface area contributed by atoms with Crippen molar-refractivity contribution in [3.05, 3.63) is 41.7 Å². The Kier molecular flexibility index (Phi) is 4.57. The quantitative estimate of drug-likeness (QED) is 0.920. The number of carbonyl (C=O) groups excluding carboxylic acids is 1. The third kappa shape index (κ3) is 3.65. The molecule has 3 heterocycles. The first-order valence-electron chi connectivity index (χ1n) is 7.17. The molecule has 1 atom stereocenters. The monoisotopic (exact) mass is 302 g/mol. The van der Waals surface area contributed by atoms with Crippen LogP contribution in [0.4, 0.5) is 5.13 Å². The number of carbonyl (C=O) groups is 1. The molecular formula is C15H18N4OS. The maximum absolute atomic E-state index is 12.3. The van der Waals surface area contributed by atoms with Gasteiger partial charge in [0.05, 0.1) is 6.04 Å². The van der Waals surface area contributed by atoms with E-state index in [2.05, 4.69) is 20.2 Å². The van der Waals surface area contributed by atoms with Crippen LogP contribution in [0.1, 0.15) is 18.5 Å². The van der Waals surface area contributed by atoms with Gasteiger partial charge in [0.1, 0.15) is 0 Å². The first kappa shape index (κ1) is 14.2. The summed E-state index contributed by atoms with van der Waals surface area (Å²) < 4.78 is 0. The van der Waals surface area contributed by atoms with Gasteiger partial charge in [-0.05, 0) is 31.5 Å². The molecule has 0 radical (unpaired) electrons. The molecule has 0 unspecified atom stereocenters. The van der Waals surface area contributed by atoms with Crippen molar-refractivity contribution in [2.45, 2.75) is 25.3 Å². The number of pyridine rings is 1. The molecule has 1 saturated heterocycles. The van der Waals surface area contributed by atoms with E-state index in [4.69, 9.17) is 0 Å². The molecule has 110 valence electrons. The maximum Gasteiger partial charge on any atom is 0.243 e. The van der Waals surface area contributed by atoms with Gasteiger partial charge >= 0.3 is 0 Å². The van der Waals surface area contributed by atoms with E-state index in [1.54, 1.807) is 6.20 Å². The van der Waals surface area contributed by atoms with Crippen LogP contribution in [-0.4, -0.2) is 39.9 Å². The highest BCUT2D eigenvalue weighted by Crippen LogP contribution is 2.20. The molecule has 2 aromatic rings. The van der Waals surface area contributed by atoms with Crippen molar-refractivity contribution >= 4 is 22.4 Å². The number of rotatable bonds is 5. The van der Waals surface area contributed by atoms with Crippen LogP contribution in [0, 0.1) is 0 Å². The van der Waals surface area contributed by atoms with Crippen LogP contribution in [0.2, 0.25) is 0 Å². The van der Waals surface area contributed by atoms with E-state index in [9.17, 15) is 4.79 Å². The predicted molar refractivity (Wildman–Crippen MR) is 83.3 cm³/mol. The van der Waals surface area contributed by atoms with Crippen LogP contribution < -0.4 is 5.32 Å². The molecule has 1 fully saturated rings. The number of hydrogen-bond donors (Lipinski definition) is 1. The molecule has 3 rings (SSSR count). The first-order valence-corrected chi connectivity index (χ1v) is 8.05. The Bertz CT molecular complexity index is 573. The molecule has 0 bridgehead atoms. The molecule has 1 aliphatic rings. The largest absolute Gasteiger partial charge is 0.301 e. The van der Waals surface area contributed by atoms with E-state index in [1.807, 2.05) is 29.8 Å². The molecule has 1 N–H and O–H groups in total. The normalized spacial score (nSPS) is 18.8. The summed E-state index contributed by atoms with van der Waals surface area (Å²) in [6, 6.07) is 5.90. The van der Waals surface area contributed by atoms with Crippen molar-refractivity contribution in [1.29, 1.82) is 0 Å². The molecule has 1 amide bonds. The second kappa shape index (κ2) is 6.78. The molecule has 6 heteroatoms.